The SMILES string of the molecule is CCCOc1ccccc1OCC(=O)OCC(=O)Nc1ccc2ccccc2c1. The van der Waals surface area contributed by atoms with Gasteiger partial charge in [-0.2, -0.15) is 0 Å². The average molecular weight is 393 g/mol. The predicted octanol–water partition coefficient (Wildman–Crippen LogP) is 4.19. The predicted molar refractivity (Wildman–Crippen MR) is 111 cm³/mol. The summed E-state index contributed by atoms with van der Waals surface area (Å²) in [5.41, 5.74) is 0.642. The molecule has 0 aliphatic heterocycles. The summed E-state index contributed by atoms with van der Waals surface area (Å²) >= 11 is 0. The van der Waals surface area contributed by atoms with Crippen LogP contribution in [0.3, 0.4) is 0 Å². The molecule has 6 nitrogen and oxygen atoms in total. The summed E-state index contributed by atoms with van der Waals surface area (Å²) in [5, 5.41) is 4.81. The molecule has 0 aliphatic rings. The van der Waals surface area contributed by atoms with Crippen LogP contribution in [-0.2, 0) is 14.3 Å². The monoisotopic (exact) mass is 393 g/mol. The minimum Gasteiger partial charge on any atom is -0.490 e. The van der Waals surface area contributed by atoms with Gasteiger partial charge in [0.15, 0.2) is 24.7 Å². The van der Waals surface area contributed by atoms with Crippen molar-refractivity contribution >= 4 is 28.3 Å². The molecule has 3 aromatic carbocycles. The van der Waals surface area contributed by atoms with Crippen LogP contribution in [0, 0.1) is 0 Å². The van der Waals surface area contributed by atoms with Crippen molar-refractivity contribution in [2.45, 2.75) is 13.3 Å². The van der Waals surface area contributed by atoms with E-state index < -0.39 is 11.9 Å². The first-order valence-electron chi connectivity index (χ1n) is 9.44. The number of hydrogen-bond acceptors (Lipinski definition) is 5. The number of para-hydroxylation sites is 2. The number of ether oxygens (including phenoxy) is 3. The molecule has 3 rings (SSSR count). The minimum absolute atomic E-state index is 0.310. The van der Waals surface area contributed by atoms with Crippen LogP contribution >= 0.6 is 0 Å². The van der Waals surface area contributed by atoms with Crippen molar-refractivity contribution in [3.8, 4) is 11.5 Å². The summed E-state index contributed by atoms with van der Waals surface area (Å²) in [6.45, 7) is 1.86. The van der Waals surface area contributed by atoms with Crippen LogP contribution in [0.1, 0.15) is 13.3 Å². The van der Waals surface area contributed by atoms with Crippen molar-refractivity contribution in [1.29, 1.82) is 0 Å². The highest BCUT2D eigenvalue weighted by atomic mass is 16.6. The quantitative estimate of drug-likeness (QED) is 0.552. The van der Waals surface area contributed by atoms with Gasteiger partial charge in [0, 0.05) is 5.69 Å². The van der Waals surface area contributed by atoms with Crippen molar-refractivity contribution < 1.29 is 23.8 Å². The normalized spacial score (nSPS) is 10.4. The molecule has 1 N–H and O–H groups in total. The van der Waals surface area contributed by atoms with Gasteiger partial charge in [-0.25, -0.2) is 4.79 Å². The first kappa shape index (κ1) is 20.2. The van der Waals surface area contributed by atoms with Crippen LogP contribution in [0.2, 0.25) is 0 Å². The van der Waals surface area contributed by atoms with Crippen LogP contribution < -0.4 is 14.8 Å². The Morgan fingerprint density at radius 1 is 0.828 bits per heavy atom. The summed E-state index contributed by atoms with van der Waals surface area (Å²) in [5.74, 6) is -0.0287. The third-order valence-corrected chi connectivity index (χ3v) is 4.05. The zero-order valence-corrected chi connectivity index (χ0v) is 16.2. The standard InChI is InChI=1S/C23H23NO5/c1-2-13-27-20-9-5-6-10-21(20)28-16-23(26)29-15-22(25)24-19-12-11-17-7-3-4-8-18(17)14-19/h3-12,14H,2,13,15-16H2,1H3,(H,24,25). The van der Waals surface area contributed by atoms with Crippen molar-refractivity contribution in [2.75, 3.05) is 25.1 Å². The number of rotatable bonds is 9. The van der Waals surface area contributed by atoms with Crippen LogP contribution in [-0.4, -0.2) is 31.7 Å². The number of esters is 1. The van der Waals surface area contributed by atoms with E-state index in [4.69, 9.17) is 14.2 Å². The fourth-order valence-electron chi connectivity index (χ4n) is 2.69. The lowest BCUT2D eigenvalue weighted by Gasteiger charge is -2.12. The average Bonchev–Trinajstić information content (AvgIpc) is 2.75. The lowest BCUT2D eigenvalue weighted by Crippen LogP contribution is -2.23. The molecule has 6 heteroatoms. The molecular weight excluding hydrogens is 370 g/mol. The zero-order chi connectivity index (χ0) is 20.5. The molecular formula is C23H23NO5. The molecule has 0 atom stereocenters. The molecule has 29 heavy (non-hydrogen) atoms. The van der Waals surface area contributed by atoms with Crippen LogP contribution in [0.25, 0.3) is 10.8 Å². The zero-order valence-electron chi connectivity index (χ0n) is 16.2. The number of anilines is 1. The number of fused-ring (bicyclic) bond motifs is 1. The maximum Gasteiger partial charge on any atom is 0.344 e. The third kappa shape index (κ3) is 5.97. The summed E-state index contributed by atoms with van der Waals surface area (Å²) < 4.78 is 16.0. The van der Waals surface area contributed by atoms with E-state index in [9.17, 15) is 9.59 Å². The Morgan fingerprint density at radius 2 is 1.52 bits per heavy atom. The Hall–Kier alpha value is -3.54. The topological polar surface area (TPSA) is 73.9 Å². The Kier molecular flexibility index (Phi) is 7.05. The van der Waals surface area contributed by atoms with E-state index in [1.807, 2.05) is 49.4 Å². The second-order valence-electron chi connectivity index (χ2n) is 6.35. The maximum atomic E-state index is 12.1. The molecule has 1 amide bonds. The highest BCUT2D eigenvalue weighted by Crippen LogP contribution is 2.26. The van der Waals surface area contributed by atoms with E-state index >= 15 is 0 Å². The van der Waals surface area contributed by atoms with Crippen molar-refractivity contribution in [3.63, 3.8) is 0 Å². The van der Waals surface area contributed by atoms with Gasteiger partial charge < -0.3 is 19.5 Å². The molecule has 0 bridgehead atoms. The molecule has 0 aromatic heterocycles. The van der Waals surface area contributed by atoms with Crippen molar-refractivity contribution in [2.24, 2.45) is 0 Å². The number of carbonyl (C=O) groups excluding carboxylic acids is 2. The molecule has 0 heterocycles. The summed E-state index contributed by atoms with van der Waals surface area (Å²) in [6.07, 6.45) is 0.864. The molecule has 0 unspecified atom stereocenters. The minimum atomic E-state index is -0.635. The Morgan fingerprint density at radius 3 is 2.28 bits per heavy atom. The van der Waals surface area contributed by atoms with Gasteiger partial charge in [0.1, 0.15) is 0 Å². The third-order valence-electron chi connectivity index (χ3n) is 4.05. The number of carbonyl (C=O) groups is 2. The molecule has 150 valence electrons. The van der Waals surface area contributed by atoms with Crippen molar-refractivity contribution in [1.82, 2.24) is 0 Å². The lowest BCUT2D eigenvalue weighted by atomic mass is 10.1. The molecule has 0 spiro atoms. The second kappa shape index (κ2) is 10.1. The van der Waals surface area contributed by atoms with Crippen LogP contribution in [0.4, 0.5) is 5.69 Å². The van der Waals surface area contributed by atoms with E-state index in [2.05, 4.69) is 5.32 Å². The fraction of sp³-hybridized carbons (Fsp3) is 0.217. The highest BCUT2D eigenvalue weighted by Gasteiger charge is 2.11. The fourth-order valence-corrected chi connectivity index (χ4v) is 2.69. The summed E-state index contributed by atoms with van der Waals surface area (Å²) in [6, 6.07) is 20.5. The second-order valence-corrected chi connectivity index (χ2v) is 6.35. The molecule has 0 saturated heterocycles. The number of amides is 1. The molecule has 0 saturated carbocycles. The molecule has 0 fully saturated rings. The smallest absolute Gasteiger partial charge is 0.344 e. The van der Waals surface area contributed by atoms with E-state index in [1.165, 1.54) is 0 Å². The van der Waals surface area contributed by atoms with E-state index in [1.54, 1.807) is 24.3 Å². The Bertz CT molecular complexity index is 986. The molecule has 3 aromatic rings. The number of hydrogen-bond donors (Lipinski definition) is 1. The van der Waals surface area contributed by atoms with Gasteiger partial charge in [0.05, 0.1) is 6.61 Å². The lowest BCUT2D eigenvalue weighted by molar-refractivity contribution is -0.149. The van der Waals surface area contributed by atoms with Gasteiger partial charge >= 0.3 is 5.97 Å². The Labute approximate surface area is 169 Å². The molecule has 0 aliphatic carbocycles. The maximum absolute atomic E-state index is 12.1. The summed E-state index contributed by atoms with van der Waals surface area (Å²) in [4.78, 5) is 24.0. The highest BCUT2D eigenvalue weighted by molar-refractivity contribution is 5.95. The van der Waals surface area contributed by atoms with Gasteiger partial charge in [-0.1, -0.05) is 49.4 Å². The van der Waals surface area contributed by atoms with Gasteiger partial charge in [-0.05, 0) is 41.5 Å². The largest absolute Gasteiger partial charge is 0.490 e. The van der Waals surface area contributed by atoms with Crippen molar-refractivity contribution in [3.05, 3.63) is 66.7 Å². The van der Waals surface area contributed by atoms with Gasteiger partial charge in [0.25, 0.3) is 5.91 Å². The number of benzene rings is 3. The van der Waals surface area contributed by atoms with Gasteiger partial charge in [0.2, 0.25) is 0 Å². The van der Waals surface area contributed by atoms with Gasteiger partial charge in [-0.15, -0.1) is 0 Å². The Balaban J connectivity index is 1.46. The van der Waals surface area contributed by atoms with Crippen LogP contribution in [0.5, 0.6) is 11.5 Å². The summed E-state index contributed by atoms with van der Waals surface area (Å²) in [7, 11) is 0. The van der Waals surface area contributed by atoms with Crippen LogP contribution in [0.15, 0.2) is 66.7 Å². The first-order chi connectivity index (χ1) is 14.2. The first-order valence-corrected chi connectivity index (χ1v) is 9.44. The van der Waals surface area contributed by atoms with E-state index in [0.717, 1.165) is 17.2 Å². The van der Waals surface area contributed by atoms with E-state index in [0.29, 0.717) is 23.8 Å². The van der Waals surface area contributed by atoms with Gasteiger partial charge in [-0.3, -0.25) is 4.79 Å². The molecule has 0 radical (unpaired) electrons. The van der Waals surface area contributed by atoms with E-state index in [-0.39, 0.29) is 13.2 Å². The number of nitrogens with one attached hydrogen (secondary N) is 1.